The van der Waals surface area contributed by atoms with Crippen molar-refractivity contribution in [2.24, 2.45) is 17.3 Å². The summed E-state index contributed by atoms with van der Waals surface area (Å²) in [5.74, 6) is -0.0873. The van der Waals surface area contributed by atoms with Gasteiger partial charge >= 0.3 is 5.97 Å². The average Bonchev–Trinajstić information content (AvgIpc) is 2.89. The van der Waals surface area contributed by atoms with Crippen molar-refractivity contribution in [2.75, 3.05) is 20.3 Å². The number of methoxy groups -OCH3 is 1. The molecular formula is C16H24O4. The van der Waals surface area contributed by atoms with Crippen molar-refractivity contribution in [2.45, 2.75) is 45.3 Å². The van der Waals surface area contributed by atoms with Crippen LogP contribution in [0.25, 0.3) is 0 Å². The normalized spacial score (nSPS) is 39.2. The van der Waals surface area contributed by atoms with Crippen molar-refractivity contribution in [1.82, 2.24) is 0 Å². The summed E-state index contributed by atoms with van der Waals surface area (Å²) >= 11 is 0. The SMILES string of the molecule is COC(=O)C1=C[C@]2(C)[C@@H](CCC[C@H]2C)CC12OCCO2. The molecule has 2 fully saturated rings. The first-order chi connectivity index (χ1) is 9.52. The molecule has 3 aliphatic rings. The number of carbonyl (C=O) groups is 1. The van der Waals surface area contributed by atoms with Crippen LogP contribution in [0.15, 0.2) is 11.6 Å². The summed E-state index contributed by atoms with van der Waals surface area (Å²) in [6.07, 6.45) is 6.52. The van der Waals surface area contributed by atoms with Gasteiger partial charge in [0.15, 0.2) is 0 Å². The summed E-state index contributed by atoms with van der Waals surface area (Å²) in [5.41, 5.74) is 0.618. The van der Waals surface area contributed by atoms with Crippen LogP contribution in [0.5, 0.6) is 0 Å². The molecule has 3 rings (SSSR count). The molecule has 4 nitrogen and oxygen atoms in total. The quantitative estimate of drug-likeness (QED) is 0.693. The Hall–Kier alpha value is -0.870. The molecule has 1 heterocycles. The average molecular weight is 280 g/mol. The summed E-state index contributed by atoms with van der Waals surface area (Å²) in [6, 6.07) is 0. The number of carbonyl (C=O) groups excluding carboxylic acids is 1. The maximum atomic E-state index is 12.2. The summed E-state index contributed by atoms with van der Waals surface area (Å²) in [4.78, 5) is 12.2. The summed E-state index contributed by atoms with van der Waals surface area (Å²) < 4.78 is 16.7. The van der Waals surface area contributed by atoms with Gasteiger partial charge in [-0.1, -0.05) is 26.3 Å². The van der Waals surface area contributed by atoms with Crippen LogP contribution in [0, 0.1) is 17.3 Å². The van der Waals surface area contributed by atoms with Gasteiger partial charge in [-0.3, -0.25) is 0 Å². The Morgan fingerprint density at radius 2 is 2.05 bits per heavy atom. The molecule has 0 amide bonds. The molecule has 0 aromatic rings. The van der Waals surface area contributed by atoms with Gasteiger partial charge in [0.2, 0.25) is 5.79 Å². The van der Waals surface area contributed by atoms with Crippen LogP contribution in [0.2, 0.25) is 0 Å². The van der Waals surface area contributed by atoms with E-state index in [-0.39, 0.29) is 11.4 Å². The lowest BCUT2D eigenvalue weighted by atomic mass is 9.56. The Morgan fingerprint density at radius 3 is 2.70 bits per heavy atom. The smallest absolute Gasteiger partial charge is 0.338 e. The molecule has 2 aliphatic carbocycles. The summed E-state index contributed by atoms with van der Waals surface area (Å²) in [7, 11) is 1.42. The van der Waals surface area contributed by atoms with E-state index in [4.69, 9.17) is 14.2 Å². The van der Waals surface area contributed by atoms with Gasteiger partial charge in [-0.05, 0) is 30.1 Å². The fourth-order valence-electron chi connectivity index (χ4n) is 4.18. The third-order valence-electron chi connectivity index (χ3n) is 5.67. The maximum absolute atomic E-state index is 12.2. The van der Waals surface area contributed by atoms with Gasteiger partial charge in [0, 0.05) is 6.42 Å². The van der Waals surface area contributed by atoms with Crippen molar-refractivity contribution in [1.29, 1.82) is 0 Å². The molecule has 1 aliphatic heterocycles. The topological polar surface area (TPSA) is 44.8 Å². The molecule has 1 saturated carbocycles. The fourth-order valence-corrected chi connectivity index (χ4v) is 4.18. The largest absolute Gasteiger partial charge is 0.466 e. The first-order valence-corrected chi connectivity index (χ1v) is 7.61. The second-order valence-electron chi connectivity index (χ2n) is 6.60. The van der Waals surface area contributed by atoms with Gasteiger partial charge in [0.25, 0.3) is 0 Å². The highest BCUT2D eigenvalue weighted by Crippen LogP contribution is 2.55. The highest BCUT2D eigenvalue weighted by Gasteiger charge is 2.55. The van der Waals surface area contributed by atoms with E-state index in [0.29, 0.717) is 30.6 Å². The number of hydrogen-bond acceptors (Lipinski definition) is 4. The van der Waals surface area contributed by atoms with Gasteiger partial charge in [0.05, 0.1) is 25.9 Å². The Balaban J connectivity index is 2.05. The Kier molecular flexibility index (Phi) is 3.41. The monoisotopic (exact) mass is 280 g/mol. The zero-order valence-corrected chi connectivity index (χ0v) is 12.6. The maximum Gasteiger partial charge on any atom is 0.338 e. The van der Waals surface area contributed by atoms with Crippen LogP contribution in [0.3, 0.4) is 0 Å². The lowest BCUT2D eigenvalue weighted by molar-refractivity contribution is -0.174. The third kappa shape index (κ3) is 1.92. The first-order valence-electron chi connectivity index (χ1n) is 7.61. The highest BCUT2D eigenvalue weighted by atomic mass is 16.7. The number of ether oxygens (including phenoxy) is 3. The molecule has 112 valence electrons. The highest BCUT2D eigenvalue weighted by molar-refractivity contribution is 5.90. The second kappa shape index (κ2) is 4.85. The van der Waals surface area contributed by atoms with Gasteiger partial charge in [-0.2, -0.15) is 0 Å². The van der Waals surface area contributed by atoms with E-state index in [2.05, 4.69) is 19.9 Å². The van der Waals surface area contributed by atoms with Gasteiger partial charge in [0.1, 0.15) is 0 Å². The molecule has 0 bridgehead atoms. The molecule has 0 N–H and O–H groups in total. The van der Waals surface area contributed by atoms with Crippen LogP contribution in [-0.4, -0.2) is 32.1 Å². The minimum absolute atomic E-state index is 0.0440. The number of hydrogen-bond donors (Lipinski definition) is 0. The molecule has 0 unspecified atom stereocenters. The minimum Gasteiger partial charge on any atom is -0.466 e. The molecule has 0 aromatic carbocycles. The van der Waals surface area contributed by atoms with Crippen molar-refractivity contribution in [3.63, 3.8) is 0 Å². The molecule has 0 aromatic heterocycles. The molecule has 20 heavy (non-hydrogen) atoms. The van der Waals surface area contributed by atoms with Crippen molar-refractivity contribution >= 4 is 5.97 Å². The molecule has 1 spiro atoms. The predicted octanol–water partition coefficient (Wildman–Crippen LogP) is 2.68. The third-order valence-corrected chi connectivity index (χ3v) is 5.67. The van der Waals surface area contributed by atoms with Crippen molar-refractivity contribution in [3.05, 3.63) is 11.6 Å². The van der Waals surface area contributed by atoms with Gasteiger partial charge in [-0.25, -0.2) is 4.79 Å². The molecule has 3 atom stereocenters. The number of allylic oxidation sites excluding steroid dienone is 1. The molecule has 0 radical (unpaired) electrons. The zero-order valence-electron chi connectivity index (χ0n) is 12.6. The second-order valence-corrected chi connectivity index (χ2v) is 6.60. The van der Waals surface area contributed by atoms with Crippen LogP contribution >= 0.6 is 0 Å². The molecule has 4 heteroatoms. The van der Waals surface area contributed by atoms with Crippen LogP contribution < -0.4 is 0 Å². The Labute approximate surface area is 120 Å². The Morgan fingerprint density at radius 1 is 1.35 bits per heavy atom. The Bertz CT molecular complexity index is 436. The van der Waals surface area contributed by atoms with E-state index in [1.54, 1.807) is 0 Å². The standard InChI is InChI=1S/C16H24O4/c1-11-5-4-6-12-9-16(19-7-8-20-16)13(14(17)18-3)10-15(11,12)2/h10-12H,4-9H2,1-3H3/t11-,12+,15+/m1/s1. The molecular weight excluding hydrogens is 256 g/mol. The van der Waals surface area contributed by atoms with E-state index < -0.39 is 5.79 Å². The zero-order chi connectivity index (χ0) is 14.4. The first kappa shape index (κ1) is 14.1. The number of esters is 1. The van der Waals surface area contributed by atoms with Gasteiger partial charge in [-0.15, -0.1) is 0 Å². The van der Waals surface area contributed by atoms with Crippen molar-refractivity contribution in [3.8, 4) is 0 Å². The van der Waals surface area contributed by atoms with E-state index in [9.17, 15) is 4.79 Å². The summed E-state index contributed by atoms with van der Waals surface area (Å²) in [5, 5.41) is 0. The number of rotatable bonds is 1. The number of fused-ring (bicyclic) bond motifs is 1. The summed E-state index contributed by atoms with van der Waals surface area (Å²) in [6.45, 7) is 5.65. The van der Waals surface area contributed by atoms with Crippen LogP contribution in [-0.2, 0) is 19.0 Å². The van der Waals surface area contributed by atoms with E-state index in [0.717, 1.165) is 6.42 Å². The van der Waals surface area contributed by atoms with E-state index >= 15 is 0 Å². The predicted molar refractivity (Wildman–Crippen MR) is 74.0 cm³/mol. The molecule has 1 saturated heterocycles. The minimum atomic E-state index is -0.853. The van der Waals surface area contributed by atoms with E-state index in [1.807, 2.05) is 0 Å². The van der Waals surface area contributed by atoms with Crippen molar-refractivity contribution < 1.29 is 19.0 Å². The van der Waals surface area contributed by atoms with Crippen LogP contribution in [0.1, 0.15) is 39.5 Å². The van der Waals surface area contributed by atoms with Gasteiger partial charge < -0.3 is 14.2 Å². The van der Waals surface area contributed by atoms with E-state index in [1.165, 1.54) is 26.4 Å². The lowest BCUT2D eigenvalue weighted by Crippen LogP contribution is -2.50. The van der Waals surface area contributed by atoms with Crippen LogP contribution in [0.4, 0.5) is 0 Å². The fraction of sp³-hybridized carbons (Fsp3) is 0.812. The lowest BCUT2D eigenvalue weighted by Gasteiger charge is -2.51.